The van der Waals surface area contributed by atoms with E-state index in [-0.39, 0.29) is 25.0 Å². The summed E-state index contributed by atoms with van der Waals surface area (Å²) in [6.07, 6.45) is 2.09. The number of aryl methyl sites for hydroxylation is 3. The molecule has 5 aromatic rings. The molecule has 6 nitrogen and oxygen atoms in total. The van der Waals surface area contributed by atoms with Crippen LogP contribution in [0.4, 0.5) is 0 Å². The maximum absolute atomic E-state index is 13.8. The van der Waals surface area contributed by atoms with Gasteiger partial charge in [0.25, 0.3) is 5.91 Å². The van der Waals surface area contributed by atoms with E-state index in [2.05, 4.69) is 4.98 Å². The fourth-order valence-corrected chi connectivity index (χ4v) is 5.87. The van der Waals surface area contributed by atoms with Crippen LogP contribution in [0.1, 0.15) is 45.5 Å². The molecule has 0 unspecified atom stereocenters. The van der Waals surface area contributed by atoms with Crippen molar-refractivity contribution < 1.29 is 19.5 Å². The smallest absolute Gasteiger partial charge is 0.330 e. The molecule has 218 valence electrons. The summed E-state index contributed by atoms with van der Waals surface area (Å²) in [5, 5.41) is 11.7. The zero-order valence-electron chi connectivity index (χ0n) is 24.8. The third-order valence-electron chi connectivity index (χ3n) is 8.21. The van der Waals surface area contributed by atoms with Crippen molar-refractivity contribution in [1.82, 2.24) is 9.88 Å². The molecule has 4 aromatic carbocycles. The molecule has 1 amide bonds. The van der Waals surface area contributed by atoms with Gasteiger partial charge in [0.1, 0.15) is 5.78 Å². The van der Waals surface area contributed by atoms with Crippen molar-refractivity contribution in [3.8, 4) is 11.1 Å². The van der Waals surface area contributed by atoms with Crippen LogP contribution in [0.3, 0.4) is 0 Å². The van der Waals surface area contributed by atoms with Gasteiger partial charge in [-0.3, -0.25) is 9.59 Å². The van der Waals surface area contributed by atoms with Gasteiger partial charge in [-0.25, -0.2) is 4.79 Å². The van der Waals surface area contributed by atoms with E-state index in [1.807, 2.05) is 98.8 Å². The van der Waals surface area contributed by atoms with Gasteiger partial charge in [0.2, 0.25) is 0 Å². The van der Waals surface area contributed by atoms with E-state index in [4.69, 9.17) is 0 Å². The molecule has 0 aliphatic heterocycles. The number of benzene rings is 4. The van der Waals surface area contributed by atoms with Gasteiger partial charge in [-0.15, -0.1) is 0 Å². The highest BCUT2D eigenvalue weighted by Gasteiger charge is 2.47. The molecule has 1 atom stereocenters. The number of ketones is 1. The molecule has 6 heteroatoms. The fraction of sp³-hybridized carbons (Fsp3) is 0.216. The average molecular weight is 573 g/mol. The van der Waals surface area contributed by atoms with Gasteiger partial charge in [0.05, 0.1) is 0 Å². The van der Waals surface area contributed by atoms with Crippen molar-refractivity contribution in [2.24, 2.45) is 0 Å². The average Bonchev–Trinajstić information content (AvgIpc) is 3.41. The maximum Gasteiger partial charge on any atom is 0.330 e. The van der Waals surface area contributed by atoms with E-state index < -0.39 is 17.4 Å². The Kier molecular flexibility index (Phi) is 8.58. The third-order valence-corrected chi connectivity index (χ3v) is 8.21. The minimum atomic E-state index is -1.78. The van der Waals surface area contributed by atoms with Crippen molar-refractivity contribution in [3.05, 3.63) is 131 Å². The second-order valence-corrected chi connectivity index (χ2v) is 11.4. The highest BCUT2D eigenvalue weighted by atomic mass is 16.4. The van der Waals surface area contributed by atoms with Crippen molar-refractivity contribution >= 4 is 28.6 Å². The normalized spacial score (nSPS) is 12.5. The summed E-state index contributed by atoms with van der Waals surface area (Å²) in [6.45, 7) is 3.80. The molecule has 5 rings (SSSR count). The lowest BCUT2D eigenvalue weighted by atomic mass is 9.82. The van der Waals surface area contributed by atoms with E-state index in [1.54, 1.807) is 18.3 Å². The summed E-state index contributed by atoms with van der Waals surface area (Å²) >= 11 is 0. The number of carboxylic acid groups (broad SMARTS) is 1. The Balaban J connectivity index is 1.42. The molecule has 1 heterocycles. The number of hydrogen-bond donors (Lipinski definition) is 2. The number of H-pyrrole nitrogens is 1. The number of rotatable bonds is 11. The van der Waals surface area contributed by atoms with Gasteiger partial charge in [0, 0.05) is 49.0 Å². The Hall–Kier alpha value is -4.97. The molecule has 0 radical (unpaired) electrons. The number of Topliss-reactive ketones (excluding diaryl/α,β-unsaturated/α-hetero) is 1. The topological polar surface area (TPSA) is 90.5 Å². The Morgan fingerprint density at radius 2 is 1.44 bits per heavy atom. The molecular weight excluding hydrogens is 536 g/mol. The minimum absolute atomic E-state index is 0.0170. The highest BCUT2D eigenvalue weighted by Crippen LogP contribution is 2.31. The first-order chi connectivity index (χ1) is 20.7. The number of aliphatic carboxylic acids is 1. The number of likely N-dealkylation sites (N-methyl/N-ethyl adjacent to an activating group) is 1. The van der Waals surface area contributed by atoms with Crippen LogP contribution >= 0.6 is 0 Å². The quantitative estimate of drug-likeness (QED) is 0.175. The summed E-state index contributed by atoms with van der Waals surface area (Å²) in [5.74, 6) is -1.86. The number of carbonyl (C=O) groups excluding carboxylic acids is 2. The van der Waals surface area contributed by atoms with Gasteiger partial charge in [-0.1, -0.05) is 90.0 Å². The van der Waals surface area contributed by atoms with Crippen LogP contribution in [0.25, 0.3) is 22.0 Å². The number of nitrogens with one attached hydrogen (secondary N) is 1. The molecule has 0 bridgehead atoms. The van der Waals surface area contributed by atoms with Crippen molar-refractivity contribution in [2.45, 2.75) is 45.1 Å². The van der Waals surface area contributed by atoms with Gasteiger partial charge in [-0.05, 0) is 60.7 Å². The van der Waals surface area contributed by atoms with E-state index in [0.29, 0.717) is 12.0 Å². The standard InChI is InChI=1S/C37H36N2O4/c1-25-19-26(2)21-30(20-25)35(41)39(3)37(36(42)43,22-31-24-38-34-12-8-7-11-33(31)34)23-32(40)18-15-27-13-16-29(17-14-27)28-9-5-4-6-10-28/h4-14,16-17,19-21,24,38H,15,18,22-23H2,1-3H3,(H,42,43)/t37-/m1/s1. The number of nitrogens with zero attached hydrogens (tertiary/aromatic N) is 1. The lowest BCUT2D eigenvalue weighted by molar-refractivity contribution is -0.151. The first kappa shape index (κ1) is 29.5. The van der Waals surface area contributed by atoms with Crippen LogP contribution in [-0.2, 0) is 22.4 Å². The highest BCUT2D eigenvalue weighted by molar-refractivity contribution is 6.00. The van der Waals surface area contributed by atoms with E-state index >= 15 is 0 Å². The summed E-state index contributed by atoms with van der Waals surface area (Å²) in [5.41, 5.74) is 5.23. The van der Waals surface area contributed by atoms with Crippen LogP contribution in [0.2, 0.25) is 0 Å². The van der Waals surface area contributed by atoms with Crippen LogP contribution in [-0.4, -0.2) is 45.2 Å². The molecule has 0 saturated heterocycles. The van der Waals surface area contributed by atoms with E-state index in [1.165, 1.54) is 11.9 Å². The fourth-order valence-electron chi connectivity index (χ4n) is 5.87. The SMILES string of the molecule is Cc1cc(C)cc(C(=O)N(C)[C@@](CC(=O)CCc2ccc(-c3ccccc3)cc2)(Cc2c[nH]c3ccccc23)C(=O)O)c1. The Labute approximate surface area is 252 Å². The Morgan fingerprint density at radius 3 is 2.12 bits per heavy atom. The maximum atomic E-state index is 13.8. The Bertz CT molecular complexity index is 1750. The lowest BCUT2D eigenvalue weighted by Crippen LogP contribution is -2.58. The number of para-hydroxylation sites is 1. The molecule has 0 saturated carbocycles. The number of fused-ring (bicyclic) bond motifs is 1. The molecule has 1 aromatic heterocycles. The van der Waals surface area contributed by atoms with E-state index in [9.17, 15) is 19.5 Å². The number of hydrogen-bond acceptors (Lipinski definition) is 3. The van der Waals surface area contributed by atoms with Crippen molar-refractivity contribution in [3.63, 3.8) is 0 Å². The third kappa shape index (κ3) is 6.44. The number of carbonyl (C=O) groups is 3. The minimum Gasteiger partial charge on any atom is -0.479 e. The molecule has 0 fully saturated rings. The number of amides is 1. The molecule has 2 N–H and O–H groups in total. The lowest BCUT2D eigenvalue weighted by Gasteiger charge is -2.38. The number of aromatic nitrogens is 1. The van der Waals surface area contributed by atoms with Crippen molar-refractivity contribution in [2.75, 3.05) is 7.05 Å². The predicted octanol–water partition coefficient (Wildman–Crippen LogP) is 7.18. The summed E-state index contributed by atoms with van der Waals surface area (Å²) in [4.78, 5) is 45.1. The van der Waals surface area contributed by atoms with Gasteiger partial charge < -0.3 is 15.0 Å². The van der Waals surface area contributed by atoms with Crippen molar-refractivity contribution in [1.29, 1.82) is 0 Å². The number of aromatic amines is 1. The van der Waals surface area contributed by atoms with Gasteiger partial charge >= 0.3 is 5.97 Å². The van der Waals surface area contributed by atoms with Gasteiger partial charge in [0.15, 0.2) is 5.54 Å². The molecule has 0 aliphatic carbocycles. The first-order valence-corrected chi connectivity index (χ1v) is 14.5. The number of carboxylic acids is 1. The van der Waals surface area contributed by atoms with Crippen LogP contribution < -0.4 is 0 Å². The monoisotopic (exact) mass is 572 g/mol. The molecular formula is C37H36N2O4. The summed E-state index contributed by atoms with van der Waals surface area (Å²) in [6, 6.07) is 31.2. The largest absolute Gasteiger partial charge is 0.479 e. The Morgan fingerprint density at radius 1 is 0.814 bits per heavy atom. The second kappa shape index (κ2) is 12.5. The zero-order valence-corrected chi connectivity index (χ0v) is 24.8. The second-order valence-electron chi connectivity index (χ2n) is 11.4. The van der Waals surface area contributed by atoms with Crippen LogP contribution in [0.5, 0.6) is 0 Å². The summed E-state index contributed by atoms with van der Waals surface area (Å²) < 4.78 is 0. The predicted molar refractivity (Wildman–Crippen MR) is 170 cm³/mol. The molecule has 0 spiro atoms. The van der Waals surface area contributed by atoms with Crippen LogP contribution in [0, 0.1) is 13.8 Å². The summed E-state index contributed by atoms with van der Waals surface area (Å²) in [7, 11) is 1.50. The zero-order chi connectivity index (χ0) is 30.6. The molecule has 43 heavy (non-hydrogen) atoms. The van der Waals surface area contributed by atoms with Crippen LogP contribution in [0.15, 0.2) is 103 Å². The molecule has 0 aliphatic rings. The van der Waals surface area contributed by atoms with E-state index in [0.717, 1.165) is 44.3 Å². The van der Waals surface area contributed by atoms with Gasteiger partial charge in [-0.2, -0.15) is 0 Å². The first-order valence-electron chi connectivity index (χ1n) is 14.5.